The fraction of sp³-hybridized carbons (Fsp3) is 0.0769. The average molecular weight is 339 g/mol. The molecule has 0 aliphatic heterocycles. The Kier molecular flexibility index (Phi) is 3.38. The van der Waals surface area contributed by atoms with Crippen LogP contribution in [0.4, 0.5) is 5.69 Å². The molecule has 0 saturated heterocycles. The molecule has 2 aromatic carbocycles. The lowest BCUT2D eigenvalue weighted by Gasteiger charge is -2.04. The number of hydrogen-bond acceptors (Lipinski definition) is 4. The first-order valence-electron chi connectivity index (χ1n) is 6.12. The van der Waals surface area contributed by atoms with Crippen molar-refractivity contribution in [3.63, 3.8) is 0 Å². The second-order valence-corrected chi connectivity index (χ2v) is 5.40. The molecule has 0 spiro atoms. The van der Waals surface area contributed by atoms with Gasteiger partial charge in [-0.05, 0) is 23.9 Å². The highest BCUT2D eigenvalue weighted by molar-refractivity contribution is 6.46. The maximum absolute atomic E-state index is 12.3. The third-order valence-corrected chi connectivity index (χ3v) is 4.02. The number of benzene rings is 2. The molecule has 9 heteroatoms. The number of nitrogens with zero attached hydrogens (tertiary/aromatic N) is 4. The Hall–Kier alpha value is -2.38. The molecule has 0 N–H and O–H groups in total. The van der Waals surface area contributed by atoms with E-state index in [-0.39, 0.29) is 21.1 Å². The molecule has 0 bridgehead atoms. The summed E-state index contributed by atoms with van der Waals surface area (Å²) in [6.07, 6.45) is 0. The van der Waals surface area contributed by atoms with Gasteiger partial charge in [-0.15, -0.1) is 4.85 Å². The van der Waals surface area contributed by atoms with E-state index in [1.54, 1.807) is 12.1 Å². The van der Waals surface area contributed by atoms with Crippen molar-refractivity contribution < 1.29 is 9.77 Å². The molecule has 3 rings (SSSR count). The smallest absolute Gasteiger partial charge is 0.294 e. The quantitative estimate of drug-likeness (QED) is 0.310. The molecule has 0 saturated carbocycles. The molecule has 0 fully saturated rings. The predicted molar refractivity (Wildman–Crippen MR) is 81.4 cm³/mol. The van der Waals surface area contributed by atoms with E-state index >= 15 is 0 Å². The summed E-state index contributed by atoms with van der Waals surface area (Å²) in [6.45, 7) is 1.91. The van der Waals surface area contributed by atoms with Crippen LogP contribution < -0.4 is 4.85 Å². The molecule has 0 atom stereocenters. The summed E-state index contributed by atoms with van der Waals surface area (Å²) in [5, 5.41) is 27.0. The number of aryl methyl sites for hydroxylation is 1. The van der Waals surface area contributed by atoms with E-state index in [2.05, 4.69) is 5.10 Å². The highest BCUT2D eigenvalue weighted by Crippen LogP contribution is 2.36. The summed E-state index contributed by atoms with van der Waals surface area (Å²) in [4.78, 5) is 11.8. The third kappa shape index (κ3) is 2.15. The van der Waals surface area contributed by atoms with Crippen molar-refractivity contribution in [3.05, 3.63) is 61.3 Å². The van der Waals surface area contributed by atoms with E-state index in [9.17, 15) is 15.3 Å². The molecule has 22 heavy (non-hydrogen) atoms. The van der Waals surface area contributed by atoms with Crippen molar-refractivity contribution >= 4 is 39.9 Å². The molecule has 112 valence electrons. The minimum atomic E-state index is -0.698. The van der Waals surface area contributed by atoms with Crippen molar-refractivity contribution in [1.29, 1.82) is 0 Å². The van der Waals surface area contributed by atoms with E-state index in [0.717, 1.165) is 16.4 Å². The largest absolute Gasteiger partial charge is 0.692 e. The van der Waals surface area contributed by atoms with E-state index < -0.39 is 10.6 Å². The molecule has 3 aromatic rings. The van der Waals surface area contributed by atoms with Crippen molar-refractivity contribution in [1.82, 2.24) is 9.90 Å². The molecule has 1 aromatic heterocycles. The van der Waals surface area contributed by atoms with Gasteiger partial charge in [0.1, 0.15) is 15.7 Å². The summed E-state index contributed by atoms with van der Waals surface area (Å²) < 4.78 is 0. The first kappa shape index (κ1) is 14.6. The summed E-state index contributed by atoms with van der Waals surface area (Å²) in [7, 11) is 0. The SMILES string of the molecule is Cc1ccc(-n2nc3c(Cl)c(Cl)c([N+](=O)[O-])cc3[n+]2[O-])cc1. The summed E-state index contributed by atoms with van der Waals surface area (Å²) in [5.41, 5.74) is 1.17. The minimum Gasteiger partial charge on any atom is -0.692 e. The molecule has 1 heterocycles. The van der Waals surface area contributed by atoms with E-state index in [1.807, 2.05) is 19.1 Å². The van der Waals surface area contributed by atoms with Crippen molar-refractivity contribution in [2.45, 2.75) is 6.92 Å². The van der Waals surface area contributed by atoms with E-state index in [4.69, 9.17) is 23.2 Å². The van der Waals surface area contributed by atoms with Gasteiger partial charge in [-0.25, -0.2) is 0 Å². The number of rotatable bonds is 2. The number of fused-ring (bicyclic) bond motifs is 1. The van der Waals surface area contributed by atoms with Gasteiger partial charge in [0.05, 0.1) is 16.1 Å². The number of halogens is 2. The Labute approximate surface area is 134 Å². The van der Waals surface area contributed by atoms with E-state index in [1.165, 1.54) is 0 Å². The Morgan fingerprint density at radius 1 is 1.23 bits per heavy atom. The van der Waals surface area contributed by atoms with Crippen LogP contribution in [0.15, 0.2) is 30.3 Å². The van der Waals surface area contributed by atoms with Gasteiger partial charge in [0.25, 0.3) is 11.2 Å². The Balaban J connectivity index is 2.31. The van der Waals surface area contributed by atoms with Crippen molar-refractivity contribution in [3.8, 4) is 5.69 Å². The van der Waals surface area contributed by atoms with Gasteiger partial charge in [0.2, 0.25) is 5.52 Å². The molecule has 0 aliphatic rings. The van der Waals surface area contributed by atoms with Gasteiger partial charge < -0.3 is 5.21 Å². The first-order chi connectivity index (χ1) is 10.4. The summed E-state index contributed by atoms with van der Waals surface area (Å²) in [5.74, 6) is 0. The van der Waals surface area contributed by atoms with Gasteiger partial charge in [-0.1, -0.05) is 40.9 Å². The number of nitro benzene ring substituents is 1. The zero-order chi connectivity index (χ0) is 16.0. The van der Waals surface area contributed by atoms with Crippen molar-refractivity contribution in [2.24, 2.45) is 0 Å². The molecule has 0 unspecified atom stereocenters. The second-order valence-electron chi connectivity index (χ2n) is 4.65. The van der Waals surface area contributed by atoms with Crippen LogP contribution >= 0.6 is 23.2 Å². The van der Waals surface area contributed by atoms with Gasteiger partial charge in [-0.3, -0.25) is 10.1 Å². The summed E-state index contributed by atoms with van der Waals surface area (Å²) >= 11 is 11.9. The van der Waals surface area contributed by atoms with Crippen molar-refractivity contribution in [2.75, 3.05) is 0 Å². The molecular formula is C13H8Cl2N4O3. The maximum atomic E-state index is 12.3. The van der Waals surface area contributed by atoms with E-state index in [0.29, 0.717) is 10.5 Å². The standard InChI is InChI=1S/C13H8Cl2N4O3/c1-7-2-4-8(5-3-7)17-16-13-10(18(17)20)6-9(19(21)22)11(14)12(13)15/h2-6H,1H3. The lowest BCUT2D eigenvalue weighted by molar-refractivity contribution is -0.664. The average Bonchev–Trinajstić information content (AvgIpc) is 2.81. The predicted octanol–water partition coefficient (Wildman–Crippen LogP) is 3.18. The van der Waals surface area contributed by atoms with Gasteiger partial charge in [-0.2, -0.15) is 0 Å². The molecule has 0 aliphatic carbocycles. The van der Waals surface area contributed by atoms with Gasteiger partial charge in [0.15, 0.2) is 0 Å². The fourth-order valence-corrected chi connectivity index (χ4v) is 2.49. The normalized spacial score (nSPS) is 11.0. The zero-order valence-corrected chi connectivity index (χ0v) is 12.7. The highest BCUT2D eigenvalue weighted by atomic mass is 35.5. The van der Waals surface area contributed by atoms with Crippen LogP contribution in [0.1, 0.15) is 5.56 Å². The Bertz CT molecular complexity index is 906. The number of nitro groups is 1. The lowest BCUT2D eigenvalue weighted by Crippen LogP contribution is -2.37. The van der Waals surface area contributed by atoms with Crippen LogP contribution in [0.25, 0.3) is 16.7 Å². The van der Waals surface area contributed by atoms with Gasteiger partial charge in [0, 0.05) is 0 Å². The molecular weight excluding hydrogens is 331 g/mol. The minimum absolute atomic E-state index is 0.0262. The first-order valence-corrected chi connectivity index (χ1v) is 6.87. The Morgan fingerprint density at radius 2 is 1.86 bits per heavy atom. The monoisotopic (exact) mass is 338 g/mol. The maximum Gasteiger partial charge on any atom is 0.294 e. The van der Waals surface area contributed by atoms with Crippen LogP contribution in [0.5, 0.6) is 0 Å². The summed E-state index contributed by atoms with van der Waals surface area (Å²) in [6, 6.07) is 8.12. The third-order valence-electron chi connectivity index (χ3n) is 3.18. The van der Waals surface area contributed by atoms with Crippen LogP contribution in [-0.2, 0) is 0 Å². The molecule has 0 radical (unpaired) electrons. The second kappa shape index (κ2) is 5.11. The zero-order valence-electron chi connectivity index (χ0n) is 11.2. The fourth-order valence-electron chi connectivity index (χ4n) is 2.04. The lowest BCUT2D eigenvalue weighted by atomic mass is 10.2. The highest BCUT2D eigenvalue weighted by Gasteiger charge is 2.28. The topological polar surface area (TPSA) is 87.9 Å². The van der Waals surface area contributed by atoms with Crippen LogP contribution in [0.3, 0.4) is 0 Å². The number of aromatic nitrogens is 3. The number of hydrogen-bond donors (Lipinski definition) is 0. The van der Waals surface area contributed by atoms with Crippen LogP contribution in [-0.4, -0.2) is 14.8 Å². The van der Waals surface area contributed by atoms with Crippen LogP contribution in [0.2, 0.25) is 10.0 Å². The van der Waals surface area contributed by atoms with Gasteiger partial charge >= 0.3 is 0 Å². The van der Waals surface area contributed by atoms with Crippen LogP contribution in [0, 0.1) is 22.2 Å². The Morgan fingerprint density at radius 3 is 2.45 bits per heavy atom. The molecule has 0 amide bonds. The molecule has 7 nitrogen and oxygen atoms in total.